The van der Waals surface area contributed by atoms with E-state index in [1.165, 1.54) is 0 Å². The number of fused-ring (bicyclic) bond motifs is 1. The van der Waals surface area contributed by atoms with Gasteiger partial charge in [-0.1, -0.05) is 6.07 Å². The molecule has 0 saturated carbocycles. The van der Waals surface area contributed by atoms with E-state index >= 15 is 0 Å². The van der Waals surface area contributed by atoms with Crippen molar-refractivity contribution >= 4 is 33.1 Å². The number of hydrogen-bond acceptors (Lipinski definition) is 3. The van der Waals surface area contributed by atoms with E-state index in [1.807, 2.05) is 0 Å². The lowest BCUT2D eigenvalue weighted by molar-refractivity contribution is 0.0538. The minimum absolute atomic E-state index is 0.483. The molecular weight excluding hydrogens is 300 g/mol. The molecule has 0 aliphatic carbocycles. The van der Waals surface area contributed by atoms with Crippen LogP contribution in [-0.2, 0) is 4.74 Å². The van der Waals surface area contributed by atoms with Crippen LogP contribution in [0.5, 0.6) is 0 Å². The molecule has 0 saturated heterocycles. The predicted octanol–water partition coefficient (Wildman–Crippen LogP) is 2.88. The first-order chi connectivity index (χ1) is 8.29. The lowest BCUT2D eigenvalue weighted by Crippen LogP contribution is -2.32. The SMILES string of the molecule is CC(C)(C)OC(=O)n1c(=O)[nH]c2cccc(Br)c21. The van der Waals surface area contributed by atoms with Crippen molar-refractivity contribution in [1.82, 2.24) is 9.55 Å². The van der Waals surface area contributed by atoms with Crippen molar-refractivity contribution in [3.8, 4) is 0 Å². The van der Waals surface area contributed by atoms with Crippen molar-refractivity contribution in [3.05, 3.63) is 33.2 Å². The van der Waals surface area contributed by atoms with Gasteiger partial charge in [0.1, 0.15) is 5.60 Å². The summed E-state index contributed by atoms with van der Waals surface area (Å²) >= 11 is 3.32. The number of imidazole rings is 1. The zero-order valence-electron chi connectivity index (χ0n) is 10.3. The van der Waals surface area contributed by atoms with E-state index in [2.05, 4.69) is 20.9 Å². The number of benzene rings is 1. The topological polar surface area (TPSA) is 64.1 Å². The second-order valence-electron chi connectivity index (χ2n) is 4.88. The van der Waals surface area contributed by atoms with E-state index in [0.717, 1.165) is 4.57 Å². The maximum atomic E-state index is 12.0. The first kappa shape index (κ1) is 12.9. The fourth-order valence-corrected chi connectivity index (χ4v) is 2.14. The highest BCUT2D eigenvalue weighted by Gasteiger charge is 2.22. The number of carbonyl (C=O) groups excluding carboxylic acids is 1. The van der Waals surface area contributed by atoms with Crippen molar-refractivity contribution in [2.75, 3.05) is 0 Å². The van der Waals surface area contributed by atoms with Crippen LogP contribution in [0.1, 0.15) is 20.8 Å². The summed E-state index contributed by atoms with van der Waals surface area (Å²) in [4.78, 5) is 26.4. The summed E-state index contributed by atoms with van der Waals surface area (Å²) in [6.45, 7) is 5.25. The molecule has 0 fully saturated rings. The molecule has 18 heavy (non-hydrogen) atoms. The molecule has 5 nitrogen and oxygen atoms in total. The smallest absolute Gasteiger partial charge is 0.423 e. The number of rotatable bonds is 0. The summed E-state index contributed by atoms with van der Waals surface area (Å²) in [7, 11) is 0. The number of nitrogens with zero attached hydrogens (tertiary/aromatic N) is 1. The molecule has 2 rings (SSSR count). The van der Waals surface area contributed by atoms with Gasteiger partial charge in [0.15, 0.2) is 0 Å². The van der Waals surface area contributed by atoms with E-state index in [0.29, 0.717) is 15.5 Å². The van der Waals surface area contributed by atoms with Crippen LogP contribution in [-0.4, -0.2) is 21.2 Å². The molecule has 96 valence electrons. The first-order valence-electron chi connectivity index (χ1n) is 5.42. The molecular formula is C12H13BrN2O3. The van der Waals surface area contributed by atoms with Crippen molar-refractivity contribution in [3.63, 3.8) is 0 Å². The molecule has 1 heterocycles. The largest absolute Gasteiger partial charge is 0.443 e. The lowest BCUT2D eigenvalue weighted by atomic mass is 10.2. The highest BCUT2D eigenvalue weighted by molar-refractivity contribution is 9.10. The average Bonchev–Trinajstić information content (AvgIpc) is 2.53. The molecule has 2 aromatic rings. The van der Waals surface area contributed by atoms with Crippen LogP contribution in [0.2, 0.25) is 0 Å². The van der Waals surface area contributed by atoms with Gasteiger partial charge in [-0.05, 0) is 48.8 Å². The minimum atomic E-state index is -0.689. The van der Waals surface area contributed by atoms with Gasteiger partial charge in [0.2, 0.25) is 0 Å². The maximum Gasteiger partial charge on any atom is 0.423 e. The third-order valence-electron chi connectivity index (χ3n) is 2.23. The molecule has 0 amide bonds. The van der Waals surface area contributed by atoms with Crippen LogP contribution >= 0.6 is 15.9 Å². The van der Waals surface area contributed by atoms with E-state index in [-0.39, 0.29) is 0 Å². The minimum Gasteiger partial charge on any atom is -0.443 e. The molecule has 0 bridgehead atoms. The zero-order chi connectivity index (χ0) is 13.5. The van der Waals surface area contributed by atoms with Crippen LogP contribution in [0.15, 0.2) is 27.5 Å². The van der Waals surface area contributed by atoms with Crippen molar-refractivity contribution < 1.29 is 9.53 Å². The normalized spacial score (nSPS) is 11.8. The molecule has 0 atom stereocenters. The van der Waals surface area contributed by atoms with E-state index in [9.17, 15) is 9.59 Å². The van der Waals surface area contributed by atoms with Gasteiger partial charge in [-0.2, -0.15) is 4.57 Å². The molecule has 0 unspecified atom stereocenters. The number of halogens is 1. The van der Waals surface area contributed by atoms with Crippen molar-refractivity contribution in [2.45, 2.75) is 26.4 Å². The number of carbonyl (C=O) groups is 1. The summed E-state index contributed by atoms with van der Waals surface area (Å²) in [6, 6.07) is 5.26. The molecule has 0 aliphatic heterocycles. The number of aromatic nitrogens is 2. The number of H-pyrrole nitrogens is 1. The summed E-state index contributed by atoms with van der Waals surface area (Å²) in [5.41, 5.74) is -0.0930. The second kappa shape index (κ2) is 4.28. The number of hydrogen-bond donors (Lipinski definition) is 1. The summed E-state index contributed by atoms with van der Waals surface area (Å²) in [5.74, 6) is 0. The Bertz CT molecular complexity index is 664. The Morgan fingerprint density at radius 1 is 1.39 bits per heavy atom. The number of aromatic amines is 1. The first-order valence-corrected chi connectivity index (χ1v) is 6.21. The van der Waals surface area contributed by atoms with Gasteiger partial charge >= 0.3 is 11.8 Å². The lowest BCUT2D eigenvalue weighted by Gasteiger charge is -2.19. The molecule has 1 aromatic heterocycles. The number of ether oxygens (including phenoxy) is 1. The van der Waals surface area contributed by atoms with Gasteiger partial charge in [0, 0.05) is 4.47 Å². The quantitative estimate of drug-likeness (QED) is 0.813. The highest BCUT2D eigenvalue weighted by Crippen LogP contribution is 2.22. The standard InChI is InChI=1S/C12H13BrN2O3/c1-12(2,3)18-11(17)15-9-7(13)5-4-6-8(9)14-10(15)16/h4-6H,1-3H3,(H,14,16). The van der Waals surface area contributed by atoms with Gasteiger partial charge in [0.05, 0.1) is 11.0 Å². The summed E-state index contributed by atoms with van der Waals surface area (Å²) < 4.78 is 6.86. The molecule has 1 N–H and O–H groups in total. The van der Waals surface area contributed by atoms with Crippen LogP contribution in [0.25, 0.3) is 11.0 Å². The Balaban J connectivity index is 2.61. The molecule has 6 heteroatoms. The molecule has 0 spiro atoms. The van der Waals surface area contributed by atoms with Crippen LogP contribution in [0.4, 0.5) is 4.79 Å². The highest BCUT2D eigenvalue weighted by atomic mass is 79.9. The summed E-state index contributed by atoms with van der Waals surface area (Å²) in [5, 5.41) is 0. The average molecular weight is 313 g/mol. The monoisotopic (exact) mass is 312 g/mol. The van der Waals surface area contributed by atoms with Gasteiger partial charge in [-0.25, -0.2) is 9.59 Å². The Labute approximate surface area is 112 Å². The van der Waals surface area contributed by atoms with Crippen LogP contribution in [0, 0.1) is 0 Å². The van der Waals surface area contributed by atoms with Gasteiger partial charge < -0.3 is 9.72 Å². The van der Waals surface area contributed by atoms with E-state index in [4.69, 9.17) is 4.74 Å². The Kier molecular flexibility index (Phi) is 3.06. The fourth-order valence-electron chi connectivity index (χ4n) is 1.60. The van der Waals surface area contributed by atoms with E-state index in [1.54, 1.807) is 39.0 Å². The Morgan fingerprint density at radius 2 is 2.06 bits per heavy atom. The van der Waals surface area contributed by atoms with Gasteiger partial charge in [0.25, 0.3) is 0 Å². The van der Waals surface area contributed by atoms with Crippen molar-refractivity contribution in [2.24, 2.45) is 0 Å². The van der Waals surface area contributed by atoms with Crippen LogP contribution < -0.4 is 5.69 Å². The van der Waals surface area contributed by atoms with Gasteiger partial charge in [-0.15, -0.1) is 0 Å². The summed E-state index contributed by atoms with van der Waals surface area (Å²) in [6.07, 6.45) is -0.689. The van der Waals surface area contributed by atoms with Crippen molar-refractivity contribution in [1.29, 1.82) is 0 Å². The number of nitrogens with one attached hydrogen (secondary N) is 1. The Morgan fingerprint density at radius 3 is 2.67 bits per heavy atom. The third-order valence-corrected chi connectivity index (χ3v) is 2.87. The Hall–Kier alpha value is -1.56. The maximum absolute atomic E-state index is 12.0. The molecule has 0 aliphatic rings. The predicted molar refractivity (Wildman–Crippen MR) is 71.9 cm³/mol. The molecule has 1 aromatic carbocycles. The van der Waals surface area contributed by atoms with E-state index < -0.39 is 17.4 Å². The number of para-hydroxylation sites is 1. The van der Waals surface area contributed by atoms with Crippen LogP contribution in [0.3, 0.4) is 0 Å². The third kappa shape index (κ3) is 2.33. The fraction of sp³-hybridized carbons (Fsp3) is 0.333. The second-order valence-corrected chi connectivity index (χ2v) is 5.74. The zero-order valence-corrected chi connectivity index (χ0v) is 11.9. The van der Waals surface area contributed by atoms with Gasteiger partial charge in [-0.3, -0.25) is 0 Å². The molecule has 0 radical (unpaired) electrons.